The molecular weight excluding hydrogens is 174 g/mol. The van der Waals surface area contributed by atoms with Gasteiger partial charge in [-0.05, 0) is 6.54 Å². The van der Waals surface area contributed by atoms with Gasteiger partial charge < -0.3 is 10.2 Å². The Morgan fingerprint density at radius 3 is 2.31 bits per heavy atom. The summed E-state index contributed by atoms with van der Waals surface area (Å²) in [6.45, 7) is 4.97. The largest absolute Gasteiger partial charge is 0.316 e. The molecule has 2 unspecified atom stereocenters. The van der Waals surface area contributed by atoms with Crippen molar-refractivity contribution in [2.75, 3.05) is 32.7 Å². The van der Waals surface area contributed by atoms with E-state index in [2.05, 4.69) is 10.2 Å². The molecule has 1 N–H and O–H groups in total. The number of halogens is 2. The highest BCUT2D eigenvalue weighted by molar-refractivity contribution is 4.97. The number of alkyl halides is 2. The van der Waals surface area contributed by atoms with Gasteiger partial charge in [0.2, 0.25) is 0 Å². The Morgan fingerprint density at radius 1 is 1.31 bits per heavy atom. The van der Waals surface area contributed by atoms with Crippen LogP contribution < -0.4 is 5.32 Å². The second-order valence-corrected chi connectivity index (χ2v) is 4.08. The molecule has 2 bridgehead atoms. The zero-order chi connectivity index (χ0) is 9.47. The summed E-state index contributed by atoms with van der Waals surface area (Å²) in [5.74, 6) is -3.38. The maximum atomic E-state index is 13.6. The van der Waals surface area contributed by atoms with E-state index in [1.165, 1.54) is 0 Å². The van der Waals surface area contributed by atoms with Crippen molar-refractivity contribution in [3.8, 4) is 0 Å². The number of rotatable bonds is 1. The first-order chi connectivity index (χ1) is 6.14. The standard InChI is InChI=1S/C9H16F2N2/c1-2-13-5-7-3-12-4-8(6-13)9(7,10)11/h7-8,12H,2-6H2,1H3. The van der Waals surface area contributed by atoms with E-state index in [4.69, 9.17) is 0 Å². The SMILES string of the molecule is CCN1CC2CNCC(C1)C2(F)F. The van der Waals surface area contributed by atoms with Crippen LogP contribution >= 0.6 is 0 Å². The number of fused-ring (bicyclic) bond motifs is 2. The highest BCUT2D eigenvalue weighted by Crippen LogP contribution is 2.39. The summed E-state index contributed by atoms with van der Waals surface area (Å²) in [6.07, 6.45) is 0. The van der Waals surface area contributed by atoms with Gasteiger partial charge in [-0.2, -0.15) is 0 Å². The number of nitrogens with zero attached hydrogens (tertiary/aromatic N) is 1. The third-order valence-electron chi connectivity index (χ3n) is 3.27. The maximum absolute atomic E-state index is 13.6. The van der Waals surface area contributed by atoms with Crippen LogP contribution in [0.2, 0.25) is 0 Å². The van der Waals surface area contributed by atoms with Crippen LogP contribution in [0, 0.1) is 11.8 Å². The second kappa shape index (κ2) is 3.17. The fraction of sp³-hybridized carbons (Fsp3) is 1.00. The molecule has 2 fully saturated rings. The van der Waals surface area contributed by atoms with Crippen molar-refractivity contribution >= 4 is 0 Å². The first-order valence-corrected chi connectivity index (χ1v) is 4.95. The van der Waals surface area contributed by atoms with E-state index in [1.807, 2.05) is 6.92 Å². The Balaban J connectivity index is 2.12. The summed E-state index contributed by atoms with van der Waals surface area (Å²) in [4.78, 5) is 2.13. The van der Waals surface area contributed by atoms with Gasteiger partial charge in [0, 0.05) is 38.0 Å². The van der Waals surface area contributed by atoms with Gasteiger partial charge in [0.15, 0.2) is 0 Å². The van der Waals surface area contributed by atoms with E-state index in [9.17, 15) is 8.78 Å². The molecule has 0 amide bonds. The summed E-state index contributed by atoms with van der Waals surface area (Å²) in [5.41, 5.74) is 0. The molecule has 4 heteroatoms. The van der Waals surface area contributed by atoms with E-state index in [0.717, 1.165) is 6.54 Å². The van der Waals surface area contributed by atoms with Crippen molar-refractivity contribution in [1.82, 2.24) is 10.2 Å². The van der Waals surface area contributed by atoms with E-state index < -0.39 is 17.8 Å². The van der Waals surface area contributed by atoms with Crippen molar-refractivity contribution < 1.29 is 8.78 Å². The number of hydrogen-bond acceptors (Lipinski definition) is 2. The van der Waals surface area contributed by atoms with Crippen LogP contribution in [0.3, 0.4) is 0 Å². The molecule has 76 valence electrons. The fourth-order valence-electron chi connectivity index (χ4n) is 2.37. The summed E-state index contributed by atoms with van der Waals surface area (Å²) in [6, 6.07) is 0. The van der Waals surface area contributed by atoms with Crippen molar-refractivity contribution in [3.63, 3.8) is 0 Å². The third kappa shape index (κ3) is 1.46. The quantitative estimate of drug-likeness (QED) is 0.657. The molecule has 0 saturated carbocycles. The smallest absolute Gasteiger partial charge is 0.258 e. The molecule has 13 heavy (non-hydrogen) atoms. The van der Waals surface area contributed by atoms with Crippen LogP contribution in [-0.2, 0) is 0 Å². The summed E-state index contributed by atoms with van der Waals surface area (Å²) in [5, 5.41) is 3.08. The zero-order valence-corrected chi connectivity index (χ0v) is 7.89. The van der Waals surface area contributed by atoms with Crippen LogP contribution in [0.25, 0.3) is 0 Å². The molecule has 2 aliphatic heterocycles. The van der Waals surface area contributed by atoms with Crippen molar-refractivity contribution in [1.29, 1.82) is 0 Å². The number of piperidine rings is 2. The van der Waals surface area contributed by atoms with Crippen LogP contribution in [0.5, 0.6) is 0 Å². The maximum Gasteiger partial charge on any atom is 0.258 e. The number of nitrogens with one attached hydrogen (secondary N) is 1. The molecule has 0 spiro atoms. The molecular formula is C9H16F2N2. The summed E-state index contributed by atoms with van der Waals surface area (Å²) in [7, 11) is 0. The van der Waals surface area contributed by atoms with Gasteiger partial charge in [-0.15, -0.1) is 0 Å². The molecule has 2 aliphatic rings. The van der Waals surface area contributed by atoms with Crippen molar-refractivity contribution in [2.24, 2.45) is 11.8 Å². The second-order valence-electron chi connectivity index (χ2n) is 4.08. The fourth-order valence-corrected chi connectivity index (χ4v) is 2.37. The molecule has 2 nitrogen and oxygen atoms in total. The highest BCUT2D eigenvalue weighted by Gasteiger charge is 2.52. The lowest BCUT2D eigenvalue weighted by Gasteiger charge is -2.47. The van der Waals surface area contributed by atoms with E-state index in [1.54, 1.807) is 0 Å². The van der Waals surface area contributed by atoms with Gasteiger partial charge in [-0.3, -0.25) is 0 Å². The van der Waals surface area contributed by atoms with E-state index in [0.29, 0.717) is 26.2 Å². The van der Waals surface area contributed by atoms with Crippen LogP contribution in [0.1, 0.15) is 6.92 Å². The van der Waals surface area contributed by atoms with Crippen LogP contribution in [0.15, 0.2) is 0 Å². The Morgan fingerprint density at radius 2 is 1.85 bits per heavy atom. The van der Waals surface area contributed by atoms with Crippen LogP contribution in [0.4, 0.5) is 8.78 Å². The van der Waals surface area contributed by atoms with Gasteiger partial charge >= 0.3 is 0 Å². The lowest BCUT2D eigenvalue weighted by atomic mass is 9.81. The minimum Gasteiger partial charge on any atom is -0.316 e. The first-order valence-electron chi connectivity index (χ1n) is 4.95. The highest BCUT2D eigenvalue weighted by atomic mass is 19.3. The molecule has 0 aliphatic carbocycles. The van der Waals surface area contributed by atoms with Gasteiger partial charge in [-0.25, -0.2) is 8.78 Å². The molecule has 0 aromatic rings. The van der Waals surface area contributed by atoms with Crippen molar-refractivity contribution in [3.05, 3.63) is 0 Å². The Kier molecular flexibility index (Phi) is 2.28. The van der Waals surface area contributed by atoms with E-state index >= 15 is 0 Å². The van der Waals surface area contributed by atoms with Crippen LogP contribution in [-0.4, -0.2) is 43.5 Å². The molecule has 0 aromatic heterocycles. The van der Waals surface area contributed by atoms with Crippen molar-refractivity contribution in [2.45, 2.75) is 12.8 Å². The Hall–Kier alpha value is -0.220. The first kappa shape index (κ1) is 9.34. The molecule has 0 radical (unpaired) electrons. The minimum atomic E-state index is -2.43. The molecule has 2 atom stereocenters. The monoisotopic (exact) mass is 190 g/mol. The topological polar surface area (TPSA) is 15.3 Å². The molecule has 0 aromatic carbocycles. The van der Waals surface area contributed by atoms with Gasteiger partial charge in [0.05, 0.1) is 0 Å². The van der Waals surface area contributed by atoms with E-state index in [-0.39, 0.29) is 0 Å². The molecule has 2 saturated heterocycles. The lowest BCUT2D eigenvalue weighted by molar-refractivity contribution is -0.162. The average molecular weight is 190 g/mol. The minimum absolute atomic E-state index is 0.472. The number of likely N-dealkylation sites (tertiary alicyclic amines) is 1. The normalized spacial score (nSPS) is 39.0. The summed E-state index contributed by atoms with van der Waals surface area (Å²) < 4.78 is 27.1. The average Bonchev–Trinajstić information content (AvgIpc) is 2.02. The summed E-state index contributed by atoms with van der Waals surface area (Å²) >= 11 is 0. The molecule has 2 heterocycles. The van der Waals surface area contributed by atoms with Gasteiger partial charge in [0.25, 0.3) is 5.92 Å². The van der Waals surface area contributed by atoms with Gasteiger partial charge in [-0.1, -0.05) is 6.92 Å². The third-order valence-corrected chi connectivity index (χ3v) is 3.27. The Bertz CT molecular complexity index is 180. The zero-order valence-electron chi connectivity index (χ0n) is 7.89. The predicted octanol–water partition coefficient (Wildman–Crippen LogP) is 0.793. The number of hydrogen-bond donors (Lipinski definition) is 1. The van der Waals surface area contributed by atoms with Gasteiger partial charge in [0.1, 0.15) is 0 Å². The lowest BCUT2D eigenvalue weighted by Crippen LogP contribution is -2.62. The Labute approximate surface area is 77.3 Å². The predicted molar refractivity (Wildman–Crippen MR) is 46.9 cm³/mol. The molecule has 2 rings (SSSR count).